The lowest BCUT2D eigenvalue weighted by Crippen LogP contribution is -2.48. The third kappa shape index (κ3) is 6.36. The van der Waals surface area contributed by atoms with E-state index in [1.54, 1.807) is 19.1 Å². The Bertz CT molecular complexity index is 967. The number of non-ortho nitro benzene ring substituents is 1. The Morgan fingerprint density at radius 3 is 2.16 bits per heavy atom. The highest BCUT2D eigenvalue weighted by molar-refractivity contribution is 5.98. The summed E-state index contributed by atoms with van der Waals surface area (Å²) in [5, 5.41) is 13.6. The van der Waals surface area contributed by atoms with Crippen LogP contribution >= 0.6 is 0 Å². The van der Waals surface area contributed by atoms with Crippen molar-refractivity contribution in [3.63, 3.8) is 0 Å². The molecule has 0 bridgehead atoms. The average Bonchev–Trinajstić information content (AvgIpc) is 2.69. The van der Waals surface area contributed by atoms with Crippen LogP contribution in [0.25, 0.3) is 0 Å². The van der Waals surface area contributed by atoms with E-state index in [2.05, 4.69) is 5.32 Å². The van der Waals surface area contributed by atoms with E-state index in [4.69, 9.17) is 10.5 Å². The zero-order valence-corrected chi connectivity index (χ0v) is 17.6. The molecule has 164 valence electrons. The van der Waals surface area contributed by atoms with Crippen LogP contribution < -0.4 is 11.1 Å². The minimum absolute atomic E-state index is 0.141. The molecule has 0 aromatic heterocycles. The summed E-state index contributed by atoms with van der Waals surface area (Å²) in [6, 6.07) is 9.40. The van der Waals surface area contributed by atoms with Crippen LogP contribution in [0.1, 0.15) is 46.3 Å². The minimum atomic E-state index is -1.24. The largest absolute Gasteiger partial charge is 0.466 e. The van der Waals surface area contributed by atoms with Crippen molar-refractivity contribution in [2.75, 3.05) is 6.61 Å². The van der Waals surface area contributed by atoms with Crippen molar-refractivity contribution in [1.29, 1.82) is 0 Å². The number of nitro benzene ring substituents is 1. The number of nitrogens with two attached hydrogens (primary N) is 1. The molecule has 2 rings (SSSR count). The lowest BCUT2D eigenvalue weighted by atomic mass is 9.87. The number of rotatable bonds is 9. The number of esters is 1. The fourth-order valence-electron chi connectivity index (χ4n) is 3.37. The van der Waals surface area contributed by atoms with Crippen molar-refractivity contribution in [1.82, 2.24) is 5.32 Å². The summed E-state index contributed by atoms with van der Waals surface area (Å²) in [5.41, 5.74) is 7.96. The third-order valence-electron chi connectivity index (χ3n) is 4.70. The first-order valence-corrected chi connectivity index (χ1v) is 9.70. The molecule has 0 aliphatic carbocycles. The van der Waals surface area contributed by atoms with Crippen LogP contribution in [0.15, 0.2) is 42.5 Å². The Morgan fingerprint density at radius 2 is 1.68 bits per heavy atom. The van der Waals surface area contributed by atoms with Gasteiger partial charge in [-0.2, -0.15) is 0 Å². The second kappa shape index (κ2) is 10.3. The number of carbonyl (C=O) groups excluding carboxylic acids is 3. The first-order chi connectivity index (χ1) is 14.6. The fraction of sp³-hybridized carbons (Fsp3) is 0.318. The minimum Gasteiger partial charge on any atom is -0.466 e. The van der Waals surface area contributed by atoms with Gasteiger partial charge in [0.25, 0.3) is 11.6 Å². The monoisotopic (exact) mass is 427 g/mol. The number of carbonyl (C=O) groups is 3. The predicted molar refractivity (Wildman–Crippen MR) is 113 cm³/mol. The maximum Gasteiger partial charge on any atom is 0.306 e. The van der Waals surface area contributed by atoms with Crippen molar-refractivity contribution < 1.29 is 24.0 Å². The Morgan fingerprint density at radius 1 is 1.10 bits per heavy atom. The number of amides is 2. The standard InChI is InChI=1S/C22H25N3O6/c1-4-31-19(26)12-18(15-5-7-17(8-6-15)25(29)30)20(21(23)27)24-22(28)16-10-13(2)9-14(3)11-16/h5-11,18,20H,4,12H2,1-3H3,(H2,23,27)(H,24,28)/t18-,20-/m1/s1. The summed E-state index contributed by atoms with van der Waals surface area (Å²) >= 11 is 0. The van der Waals surface area contributed by atoms with Crippen molar-refractivity contribution in [3.8, 4) is 0 Å². The Kier molecular flexibility index (Phi) is 7.84. The van der Waals surface area contributed by atoms with Gasteiger partial charge in [-0.3, -0.25) is 24.5 Å². The Hall–Kier alpha value is -3.75. The van der Waals surface area contributed by atoms with Crippen molar-refractivity contribution in [3.05, 3.63) is 74.8 Å². The number of nitro groups is 1. The van der Waals surface area contributed by atoms with E-state index in [-0.39, 0.29) is 18.7 Å². The molecule has 0 saturated heterocycles. The van der Waals surface area contributed by atoms with Gasteiger partial charge in [0, 0.05) is 23.6 Å². The van der Waals surface area contributed by atoms with Gasteiger partial charge in [-0.1, -0.05) is 29.3 Å². The van der Waals surface area contributed by atoms with Gasteiger partial charge in [-0.25, -0.2) is 0 Å². The second-order valence-electron chi connectivity index (χ2n) is 7.19. The normalized spacial score (nSPS) is 12.5. The number of hydrogen-bond donors (Lipinski definition) is 2. The van der Waals surface area contributed by atoms with Crippen LogP contribution in [-0.4, -0.2) is 35.4 Å². The molecule has 0 spiro atoms. The number of primary amides is 1. The molecule has 0 radical (unpaired) electrons. The maximum atomic E-state index is 12.8. The first kappa shape index (κ1) is 23.5. The second-order valence-corrected chi connectivity index (χ2v) is 7.19. The van der Waals surface area contributed by atoms with E-state index in [0.29, 0.717) is 11.1 Å². The molecular weight excluding hydrogens is 402 g/mol. The summed E-state index contributed by atoms with van der Waals surface area (Å²) in [6.07, 6.45) is -0.244. The molecule has 9 nitrogen and oxygen atoms in total. The van der Waals surface area contributed by atoms with Crippen LogP contribution in [0.4, 0.5) is 5.69 Å². The van der Waals surface area contributed by atoms with Crippen LogP contribution in [0.2, 0.25) is 0 Å². The topological polar surface area (TPSA) is 142 Å². The predicted octanol–water partition coefficient (Wildman–Crippen LogP) is 2.53. The first-order valence-electron chi connectivity index (χ1n) is 9.70. The van der Waals surface area contributed by atoms with E-state index >= 15 is 0 Å². The summed E-state index contributed by atoms with van der Waals surface area (Å²) in [6.45, 7) is 5.47. The lowest BCUT2D eigenvalue weighted by molar-refractivity contribution is -0.384. The molecule has 3 N–H and O–H groups in total. The highest BCUT2D eigenvalue weighted by Crippen LogP contribution is 2.27. The SMILES string of the molecule is CCOC(=O)C[C@H](c1ccc([N+](=O)[O-])cc1)[C@@H](NC(=O)c1cc(C)cc(C)c1)C(N)=O. The maximum absolute atomic E-state index is 12.8. The van der Waals surface area contributed by atoms with Gasteiger partial charge in [-0.05, 0) is 38.5 Å². The Balaban J connectivity index is 2.40. The van der Waals surface area contributed by atoms with Gasteiger partial charge >= 0.3 is 5.97 Å². The van der Waals surface area contributed by atoms with Gasteiger partial charge in [0.2, 0.25) is 5.91 Å². The molecule has 0 fully saturated rings. The molecule has 31 heavy (non-hydrogen) atoms. The number of benzene rings is 2. The van der Waals surface area contributed by atoms with Crippen LogP contribution in [0.5, 0.6) is 0 Å². The van der Waals surface area contributed by atoms with E-state index in [0.717, 1.165) is 11.1 Å². The van der Waals surface area contributed by atoms with E-state index in [9.17, 15) is 24.5 Å². The molecule has 9 heteroatoms. The smallest absolute Gasteiger partial charge is 0.306 e. The number of aryl methyl sites for hydroxylation is 2. The zero-order valence-electron chi connectivity index (χ0n) is 17.6. The summed E-state index contributed by atoms with van der Waals surface area (Å²) in [7, 11) is 0. The average molecular weight is 427 g/mol. The highest BCUT2D eigenvalue weighted by Gasteiger charge is 2.32. The molecule has 0 heterocycles. The molecular formula is C22H25N3O6. The fourth-order valence-corrected chi connectivity index (χ4v) is 3.37. The van der Waals surface area contributed by atoms with E-state index in [1.807, 2.05) is 19.9 Å². The summed E-state index contributed by atoms with van der Waals surface area (Å²) in [4.78, 5) is 47.7. The summed E-state index contributed by atoms with van der Waals surface area (Å²) < 4.78 is 4.99. The van der Waals surface area contributed by atoms with Gasteiger partial charge in [-0.15, -0.1) is 0 Å². The van der Waals surface area contributed by atoms with Gasteiger partial charge in [0.1, 0.15) is 6.04 Å². The van der Waals surface area contributed by atoms with Crippen LogP contribution in [-0.2, 0) is 14.3 Å². The molecule has 0 unspecified atom stereocenters. The van der Waals surface area contributed by atoms with Gasteiger partial charge in [0.15, 0.2) is 0 Å². The van der Waals surface area contributed by atoms with E-state index < -0.39 is 34.7 Å². The van der Waals surface area contributed by atoms with E-state index in [1.165, 1.54) is 24.3 Å². The molecule has 2 amide bonds. The summed E-state index contributed by atoms with van der Waals surface area (Å²) in [5.74, 6) is -2.82. The number of hydrogen-bond acceptors (Lipinski definition) is 6. The van der Waals surface area contributed by atoms with Gasteiger partial charge < -0.3 is 15.8 Å². The van der Waals surface area contributed by atoms with Crippen LogP contribution in [0.3, 0.4) is 0 Å². The van der Waals surface area contributed by atoms with Gasteiger partial charge in [0.05, 0.1) is 18.0 Å². The molecule has 0 aliphatic rings. The molecule has 2 aromatic rings. The Labute approximate surface area is 179 Å². The quantitative estimate of drug-likeness (QED) is 0.358. The molecule has 2 aromatic carbocycles. The van der Waals surface area contributed by atoms with Crippen molar-refractivity contribution in [2.45, 2.75) is 39.2 Å². The third-order valence-corrected chi connectivity index (χ3v) is 4.70. The molecule has 2 atom stereocenters. The number of nitrogens with one attached hydrogen (secondary N) is 1. The molecule has 0 aliphatic heterocycles. The van der Waals surface area contributed by atoms with Crippen molar-refractivity contribution >= 4 is 23.5 Å². The van der Waals surface area contributed by atoms with Crippen LogP contribution in [0, 0.1) is 24.0 Å². The highest BCUT2D eigenvalue weighted by atomic mass is 16.6. The molecule has 0 saturated carbocycles. The lowest BCUT2D eigenvalue weighted by Gasteiger charge is -2.25. The van der Waals surface area contributed by atoms with Crippen molar-refractivity contribution in [2.24, 2.45) is 5.73 Å². The zero-order chi connectivity index (χ0) is 23.1. The number of nitrogens with zero attached hydrogens (tertiary/aromatic N) is 1. The number of ether oxygens (including phenoxy) is 1.